The summed E-state index contributed by atoms with van der Waals surface area (Å²) in [6, 6.07) is 3.42. The fourth-order valence-electron chi connectivity index (χ4n) is 1.21. The molecule has 0 spiro atoms. The van der Waals surface area contributed by atoms with Crippen LogP contribution < -0.4 is 0 Å². The quantitative estimate of drug-likeness (QED) is 0.882. The predicted molar refractivity (Wildman–Crippen MR) is 54.5 cm³/mol. The lowest BCUT2D eigenvalue weighted by atomic mass is 10.1. The molecule has 0 aliphatic carbocycles. The molecule has 1 aromatic carbocycles. The van der Waals surface area contributed by atoms with E-state index in [0.29, 0.717) is 16.5 Å². The monoisotopic (exact) mass is 282 g/mol. The number of alkyl halides is 3. The zero-order chi connectivity index (χ0) is 11.6. The van der Waals surface area contributed by atoms with E-state index in [-0.39, 0.29) is 0 Å². The Bertz CT molecular complexity index is 347. The van der Waals surface area contributed by atoms with Gasteiger partial charge >= 0.3 is 6.18 Å². The Morgan fingerprint density at radius 3 is 2.40 bits per heavy atom. The molecule has 0 amide bonds. The minimum Gasteiger partial charge on any atom is -0.393 e. The van der Waals surface area contributed by atoms with Gasteiger partial charge in [0.15, 0.2) is 0 Å². The number of benzene rings is 1. The van der Waals surface area contributed by atoms with Gasteiger partial charge in [0.1, 0.15) is 0 Å². The second-order valence-corrected chi connectivity index (χ2v) is 4.21. The number of halogens is 4. The molecule has 0 radical (unpaired) electrons. The third-order valence-corrected chi connectivity index (χ3v) is 2.63. The Kier molecular flexibility index (Phi) is 3.78. The third-order valence-electron chi connectivity index (χ3n) is 1.90. The van der Waals surface area contributed by atoms with Gasteiger partial charge in [0.05, 0.1) is 11.7 Å². The number of hydrogen-bond donors (Lipinski definition) is 1. The molecule has 0 aliphatic rings. The molecule has 0 aliphatic heterocycles. The molecule has 84 valence electrons. The highest BCUT2D eigenvalue weighted by atomic mass is 79.9. The lowest BCUT2D eigenvalue weighted by molar-refractivity contribution is -0.137. The lowest BCUT2D eigenvalue weighted by Gasteiger charge is -2.11. The van der Waals surface area contributed by atoms with Gasteiger partial charge < -0.3 is 5.11 Å². The average molecular weight is 283 g/mol. The first-order chi connectivity index (χ1) is 6.80. The molecule has 5 heteroatoms. The van der Waals surface area contributed by atoms with Crippen LogP contribution in [0.25, 0.3) is 0 Å². The molecule has 0 saturated heterocycles. The third kappa shape index (κ3) is 3.50. The number of aliphatic hydroxyl groups is 1. The van der Waals surface area contributed by atoms with Crippen molar-refractivity contribution >= 4 is 15.9 Å². The van der Waals surface area contributed by atoms with E-state index in [9.17, 15) is 13.2 Å². The summed E-state index contributed by atoms with van der Waals surface area (Å²) in [6.45, 7) is 1.59. The van der Waals surface area contributed by atoms with E-state index in [1.165, 1.54) is 6.07 Å². The van der Waals surface area contributed by atoms with Gasteiger partial charge in [-0.25, -0.2) is 0 Å². The summed E-state index contributed by atoms with van der Waals surface area (Å²) in [5.41, 5.74) is -0.0262. The van der Waals surface area contributed by atoms with Crippen LogP contribution in [-0.2, 0) is 12.6 Å². The highest BCUT2D eigenvalue weighted by molar-refractivity contribution is 9.10. The van der Waals surface area contributed by atoms with Crippen molar-refractivity contribution in [1.82, 2.24) is 0 Å². The molecular formula is C10H10BrF3O. The van der Waals surface area contributed by atoms with Crippen molar-refractivity contribution < 1.29 is 18.3 Å². The maximum absolute atomic E-state index is 12.3. The molecule has 0 fully saturated rings. The topological polar surface area (TPSA) is 20.2 Å². The van der Waals surface area contributed by atoms with Crippen LogP contribution >= 0.6 is 15.9 Å². The SMILES string of the molecule is CC(O)Cc1ccc(C(F)(F)F)cc1Br. The molecule has 0 heterocycles. The fourth-order valence-corrected chi connectivity index (χ4v) is 1.75. The fraction of sp³-hybridized carbons (Fsp3) is 0.400. The summed E-state index contributed by atoms with van der Waals surface area (Å²) < 4.78 is 37.2. The molecule has 15 heavy (non-hydrogen) atoms. The van der Waals surface area contributed by atoms with E-state index < -0.39 is 17.8 Å². The zero-order valence-electron chi connectivity index (χ0n) is 7.98. The van der Waals surface area contributed by atoms with Gasteiger partial charge in [-0.2, -0.15) is 13.2 Å². The second-order valence-electron chi connectivity index (χ2n) is 3.36. The van der Waals surface area contributed by atoms with E-state index in [2.05, 4.69) is 15.9 Å². The van der Waals surface area contributed by atoms with E-state index >= 15 is 0 Å². The molecule has 1 aromatic rings. The summed E-state index contributed by atoms with van der Waals surface area (Å²) in [4.78, 5) is 0. The largest absolute Gasteiger partial charge is 0.416 e. The summed E-state index contributed by atoms with van der Waals surface area (Å²) in [5, 5.41) is 9.12. The van der Waals surface area contributed by atoms with E-state index in [1.54, 1.807) is 6.92 Å². The second kappa shape index (κ2) is 4.53. The highest BCUT2D eigenvalue weighted by Gasteiger charge is 2.30. The summed E-state index contributed by atoms with van der Waals surface area (Å²) in [6.07, 6.45) is -4.57. The smallest absolute Gasteiger partial charge is 0.393 e. The van der Waals surface area contributed by atoms with Gasteiger partial charge in [-0.15, -0.1) is 0 Å². The van der Waals surface area contributed by atoms with Crippen molar-refractivity contribution in [2.75, 3.05) is 0 Å². The molecule has 0 aromatic heterocycles. The van der Waals surface area contributed by atoms with Gasteiger partial charge in [0, 0.05) is 4.47 Å². The Labute approximate surface area is 94.0 Å². The number of aliphatic hydroxyl groups excluding tert-OH is 1. The van der Waals surface area contributed by atoms with Crippen molar-refractivity contribution in [3.63, 3.8) is 0 Å². The highest BCUT2D eigenvalue weighted by Crippen LogP contribution is 2.32. The van der Waals surface area contributed by atoms with Crippen molar-refractivity contribution in [2.45, 2.75) is 25.6 Å². The Balaban J connectivity index is 2.98. The number of hydrogen-bond acceptors (Lipinski definition) is 1. The first-order valence-corrected chi connectivity index (χ1v) is 5.13. The summed E-state index contributed by atoms with van der Waals surface area (Å²) in [7, 11) is 0. The average Bonchev–Trinajstić information content (AvgIpc) is 2.05. The summed E-state index contributed by atoms with van der Waals surface area (Å²) in [5.74, 6) is 0. The molecule has 1 nitrogen and oxygen atoms in total. The van der Waals surface area contributed by atoms with Gasteiger partial charge in [-0.1, -0.05) is 22.0 Å². The lowest BCUT2D eigenvalue weighted by Crippen LogP contribution is -2.08. The molecule has 1 unspecified atom stereocenters. The molecular weight excluding hydrogens is 273 g/mol. The summed E-state index contributed by atoms with van der Waals surface area (Å²) >= 11 is 3.06. The van der Waals surface area contributed by atoms with Crippen LogP contribution in [0.2, 0.25) is 0 Å². The van der Waals surface area contributed by atoms with Crippen LogP contribution in [0.5, 0.6) is 0 Å². The van der Waals surface area contributed by atoms with Gasteiger partial charge in [0.25, 0.3) is 0 Å². The van der Waals surface area contributed by atoms with E-state index in [4.69, 9.17) is 5.11 Å². The van der Waals surface area contributed by atoms with E-state index in [0.717, 1.165) is 12.1 Å². The molecule has 0 saturated carbocycles. The molecule has 0 bridgehead atoms. The molecule has 1 atom stereocenters. The molecule has 1 N–H and O–H groups in total. The Hall–Kier alpha value is -0.550. The van der Waals surface area contributed by atoms with Gasteiger partial charge in [0.2, 0.25) is 0 Å². The van der Waals surface area contributed by atoms with Crippen LogP contribution in [-0.4, -0.2) is 11.2 Å². The first kappa shape index (κ1) is 12.5. The maximum Gasteiger partial charge on any atom is 0.416 e. The zero-order valence-corrected chi connectivity index (χ0v) is 9.56. The normalized spacial score (nSPS) is 14.0. The minimum absolute atomic E-state index is 0.332. The van der Waals surface area contributed by atoms with Gasteiger partial charge in [-0.05, 0) is 31.0 Å². The van der Waals surface area contributed by atoms with Crippen molar-refractivity contribution in [3.05, 3.63) is 33.8 Å². The standard InChI is InChI=1S/C10H10BrF3O/c1-6(15)4-7-2-3-8(5-9(7)11)10(12,13)14/h2-3,5-6,15H,4H2,1H3. The van der Waals surface area contributed by atoms with Gasteiger partial charge in [-0.3, -0.25) is 0 Å². The minimum atomic E-state index is -4.33. The van der Waals surface area contributed by atoms with Crippen molar-refractivity contribution in [1.29, 1.82) is 0 Å². The molecule has 1 rings (SSSR count). The van der Waals surface area contributed by atoms with Crippen LogP contribution in [0.4, 0.5) is 13.2 Å². The van der Waals surface area contributed by atoms with Crippen LogP contribution in [0.15, 0.2) is 22.7 Å². The van der Waals surface area contributed by atoms with Crippen LogP contribution in [0, 0.1) is 0 Å². The van der Waals surface area contributed by atoms with E-state index in [1.807, 2.05) is 0 Å². The first-order valence-electron chi connectivity index (χ1n) is 4.34. The Morgan fingerprint density at radius 1 is 1.40 bits per heavy atom. The Morgan fingerprint density at radius 2 is 2.00 bits per heavy atom. The predicted octanol–water partition coefficient (Wildman–Crippen LogP) is 3.39. The van der Waals surface area contributed by atoms with Crippen molar-refractivity contribution in [3.8, 4) is 0 Å². The maximum atomic E-state index is 12.3. The van der Waals surface area contributed by atoms with Crippen molar-refractivity contribution in [2.24, 2.45) is 0 Å². The van der Waals surface area contributed by atoms with Crippen LogP contribution in [0.3, 0.4) is 0 Å². The number of rotatable bonds is 2. The van der Waals surface area contributed by atoms with Crippen LogP contribution in [0.1, 0.15) is 18.1 Å².